The number of hydrogen-bond acceptors (Lipinski definition) is 7. The molecule has 0 aliphatic heterocycles. The van der Waals surface area contributed by atoms with E-state index < -0.39 is 0 Å². The number of ketones is 1. The molecule has 0 bridgehead atoms. The third-order valence-electron chi connectivity index (χ3n) is 4.61. The van der Waals surface area contributed by atoms with Gasteiger partial charge in [0.1, 0.15) is 11.6 Å². The van der Waals surface area contributed by atoms with E-state index in [4.69, 9.17) is 4.98 Å². The summed E-state index contributed by atoms with van der Waals surface area (Å²) >= 11 is 1.56. The van der Waals surface area contributed by atoms with E-state index in [1.807, 2.05) is 79.7 Å². The number of aromatic nitrogens is 3. The fourth-order valence-corrected chi connectivity index (χ4v) is 3.81. The van der Waals surface area contributed by atoms with Gasteiger partial charge in [0.25, 0.3) is 0 Å². The monoisotopic (exact) mass is 487 g/mol. The second-order valence-corrected chi connectivity index (χ2v) is 7.93. The average molecular weight is 488 g/mol. The number of hydrogen-bond donors (Lipinski definition) is 1. The number of halogens is 2. The number of carbonyl (C=O) groups excluding carboxylic acids is 1. The van der Waals surface area contributed by atoms with Crippen molar-refractivity contribution < 1.29 is 4.79 Å². The first-order valence-electron chi connectivity index (χ1n) is 9.47. The molecule has 166 valence electrons. The van der Waals surface area contributed by atoms with Crippen LogP contribution in [0.1, 0.15) is 22.8 Å². The number of anilines is 4. The third-order valence-corrected chi connectivity index (χ3v) is 5.71. The van der Waals surface area contributed by atoms with Crippen molar-refractivity contribution >= 4 is 64.4 Å². The molecule has 0 fully saturated rings. The van der Waals surface area contributed by atoms with Crippen molar-refractivity contribution in [2.75, 3.05) is 17.3 Å². The minimum atomic E-state index is 0. The van der Waals surface area contributed by atoms with Crippen LogP contribution in [0.15, 0.2) is 67.0 Å². The molecule has 0 spiro atoms. The van der Waals surface area contributed by atoms with Crippen molar-refractivity contribution in [1.29, 1.82) is 0 Å². The quantitative estimate of drug-likeness (QED) is 0.314. The van der Waals surface area contributed by atoms with Crippen LogP contribution in [0.3, 0.4) is 0 Å². The lowest BCUT2D eigenvalue weighted by Gasteiger charge is -2.15. The van der Waals surface area contributed by atoms with E-state index in [2.05, 4.69) is 15.3 Å². The summed E-state index contributed by atoms with van der Waals surface area (Å²) in [5, 5.41) is 4.10. The van der Waals surface area contributed by atoms with Crippen molar-refractivity contribution in [3.05, 3.63) is 78.1 Å². The van der Waals surface area contributed by atoms with E-state index >= 15 is 0 Å². The topological polar surface area (TPSA) is 71.0 Å². The van der Waals surface area contributed by atoms with Gasteiger partial charge >= 0.3 is 0 Å². The molecule has 0 atom stereocenters. The Balaban J connectivity index is 0.00000181. The first kappa shape index (κ1) is 25.3. The van der Waals surface area contributed by atoms with Gasteiger partial charge in [0.05, 0.1) is 10.6 Å². The zero-order valence-corrected chi connectivity index (χ0v) is 20.2. The predicted octanol–water partition coefficient (Wildman–Crippen LogP) is 6.47. The molecular weight excluding hydrogens is 465 g/mol. The molecule has 1 aromatic carbocycles. The number of thiazole rings is 1. The highest BCUT2D eigenvalue weighted by molar-refractivity contribution is 7.18. The fraction of sp³-hybridized carbons (Fsp3) is 0.130. The van der Waals surface area contributed by atoms with Crippen LogP contribution in [-0.4, -0.2) is 27.8 Å². The molecule has 4 aromatic rings. The van der Waals surface area contributed by atoms with Gasteiger partial charge < -0.3 is 10.2 Å². The number of pyridine rings is 2. The van der Waals surface area contributed by atoms with Crippen LogP contribution >= 0.6 is 36.2 Å². The molecule has 3 heterocycles. The SMILES string of the molecule is CC(=O)c1ccc(N(C)c2ncc(-c3cccc(Nc4cc(C)ccn4)n3)s2)cc1.Cl.Cl. The van der Waals surface area contributed by atoms with Crippen molar-refractivity contribution in [2.24, 2.45) is 0 Å². The van der Waals surface area contributed by atoms with E-state index in [1.54, 1.807) is 24.5 Å². The van der Waals surface area contributed by atoms with Gasteiger partial charge in [-0.25, -0.2) is 15.0 Å². The van der Waals surface area contributed by atoms with Gasteiger partial charge in [-0.05, 0) is 67.9 Å². The van der Waals surface area contributed by atoms with Gasteiger partial charge in [-0.3, -0.25) is 4.79 Å². The number of aryl methyl sites for hydroxylation is 1. The Labute approximate surface area is 203 Å². The first-order valence-corrected chi connectivity index (χ1v) is 10.3. The van der Waals surface area contributed by atoms with Crippen LogP contribution in [0.5, 0.6) is 0 Å². The van der Waals surface area contributed by atoms with Gasteiger partial charge in [-0.15, -0.1) is 24.8 Å². The number of rotatable bonds is 6. The molecule has 6 nitrogen and oxygen atoms in total. The number of nitrogens with one attached hydrogen (secondary N) is 1. The molecule has 32 heavy (non-hydrogen) atoms. The molecule has 3 aromatic heterocycles. The van der Waals surface area contributed by atoms with E-state index in [9.17, 15) is 4.79 Å². The maximum atomic E-state index is 11.5. The highest BCUT2D eigenvalue weighted by Gasteiger charge is 2.12. The molecule has 9 heteroatoms. The normalized spacial score (nSPS) is 9.97. The summed E-state index contributed by atoms with van der Waals surface area (Å²) in [6, 6.07) is 17.3. The van der Waals surface area contributed by atoms with Crippen molar-refractivity contribution in [3.63, 3.8) is 0 Å². The lowest BCUT2D eigenvalue weighted by atomic mass is 10.1. The van der Waals surface area contributed by atoms with Gasteiger partial charge in [0, 0.05) is 30.7 Å². The van der Waals surface area contributed by atoms with E-state index in [1.165, 1.54) is 0 Å². The van der Waals surface area contributed by atoms with Gasteiger partial charge in [-0.2, -0.15) is 0 Å². The van der Waals surface area contributed by atoms with E-state index in [0.717, 1.165) is 38.6 Å². The number of carbonyl (C=O) groups is 1. The summed E-state index contributed by atoms with van der Waals surface area (Å²) in [6.07, 6.45) is 3.60. The highest BCUT2D eigenvalue weighted by atomic mass is 35.5. The molecule has 0 aliphatic rings. The van der Waals surface area contributed by atoms with E-state index in [0.29, 0.717) is 5.56 Å². The van der Waals surface area contributed by atoms with E-state index in [-0.39, 0.29) is 30.6 Å². The van der Waals surface area contributed by atoms with Gasteiger partial charge in [-0.1, -0.05) is 17.4 Å². The molecular formula is C23H23Cl2N5OS. The molecule has 1 N–H and O–H groups in total. The smallest absolute Gasteiger partial charge is 0.190 e. The molecule has 0 aliphatic carbocycles. The Morgan fingerprint density at radius 1 is 1.00 bits per heavy atom. The third kappa shape index (κ3) is 5.82. The summed E-state index contributed by atoms with van der Waals surface area (Å²) in [5.74, 6) is 1.55. The van der Waals surface area contributed by atoms with Gasteiger partial charge in [0.15, 0.2) is 10.9 Å². The van der Waals surface area contributed by atoms with Crippen LogP contribution < -0.4 is 10.2 Å². The Kier molecular flexibility index (Phi) is 8.72. The Morgan fingerprint density at radius 2 is 1.75 bits per heavy atom. The van der Waals surface area contributed by atoms with Crippen LogP contribution in [0.25, 0.3) is 10.6 Å². The van der Waals surface area contributed by atoms with Crippen LogP contribution in [-0.2, 0) is 0 Å². The number of Topliss-reactive ketones (excluding diaryl/α,β-unsaturated/α-hetero) is 1. The highest BCUT2D eigenvalue weighted by Crippen LogP contribution is 2.33. The van der Waals surface area contributed by atoms with Crippen LogP contribution in [0, 0.1) is 6.92 Å². The van der Waals surface area contributed by atoms with Crippen LogP contribution in [0.4, 0.5) is 22.5 Å². The molecule has 4 rings (SSSR count). The summed E-state index contributed by atoms with van der Waals surface area (Å²) in [4.78, 5) is 28.0. The summed E-state index contributed by atoms with van der Waals surface area (Å²) < 4.78 is 0. The molecule has 0 amide bonds. The summed E-state index contributed by atoms with van der Waals surface area (Å²) in [7, 11) is 1.96. The first-order chi connectivity index (χ1) is 14.5. The van der Waals surface area contributed by atoms with Crippen molar-refractivity contribution in [3.8, 4) is 10.6 Å². The number of nitrogens with zero attached hydrogens (tertiary/aromatic N) is 4. The molecule has 0 unspecified atom stereocenters. The van der Waals surface area contributed by atoms with Crippen molar-refractivity contribution in [2.45, 2.75) is 13.8 Å². The maximum Gasteiger partial charge on any atom is 0.190 e. The van der Waals surface area contributed by atoms with Crippen LogP contribution in [0.2, 0.25) is 0 Å². The molecule has 0 radical (unpaired) electrons. The Bertz CT molecular complexity index is 1200. The van der Waals surface area contributed by atoms with Crippen molar-refractivity contribution in [1.82, 2.24) is 15.0 Å². The molecule has 0 saturated heterocycles. The number of benzene rings is 1. The average Bonchev–Trinajstić information content (AvgIpc) is 3.24. The standard InChI is InChI=1S/C23H21N5OS.2ClH/c1-15-11-12-24-22(13-15)27-21-6-4-5-19(26-21)20-14-25-23(30-20)28(3)18-9-7-17(8-10-18)16(2)29;;/h4-14H,1-3H3,(H,24,26,27);2*1H. The minimum Gasteiger partial charge on any atom is -0.325 e. The lowest BCUT2D eigenvalue weighted by Crippen LogP contribution is -2.08. The maximum absolute atomic E-state index is 11.5. The second-order valence-electron chi connectivity index (χ2n) is 6.92. The largest absolute Gasteiger partial charge is 0.325 e. The summed E-state index contributed by atoms with van der Waals surface area (Å²) in [5.41, 5.74) is 3.64. The Morgan fingerprint density at radius 3 is 2.44 bits per heavy atom. The van der Waals surface area contributed by atoms with Gasteiger partial charge in [0.2, 0.25) is 0 Å². The zero-order valence-electron chi connectivity index (χ0n) is 17.8. The predicted molar refractivity (Wildman–Crippen MR) is 137 cm³/mol. The summed E-state index contributed by atoms with van der Waals surface area (Å²) in [6.45, 7) is 3.59. The Hall–Kier alpha value is -3.00. The fourth-order valence-electron chi connectivity index (χ4n) is 2.95. The second kappa shape index (κ2) is 11.0. The minimum absolute atomic E-state index is 0. The lowest BCUT2D eigenvalue weighted by molar-refractivity contribution is 0.101. The molecule has 0 saturated carbocycles. The zero-order chi connectivity index (χ0) is 21.1.